The van der Waals surface area contributed by atoms with Gasteiger partial charge in [0.05, 0.1) is 0 Å². The highest BCUT2D eigenvalue weighted by molar-refractivity contribution is 5.51. The molecule has 0 radical (unpaired) electrons. The molecule has 0 bridgehead atoms. The van der Waals surface area contributed by atoms with Crippen LogP contribution in [0.2, 0.25) is 0 Å². The molecular weight excluding hydrogens is 106 g/mol. The van der Waals surface area contributed by atoms with E-state index in [4.69, 9.17) is 5.90 Å². The highest BCUT2D eigenvalue weighted by Crippen LogP contribution is 1.89. The number of carbonyl (C=O) groups is 1. The molecule has 0 heterocycles. The molecule has 3 nitrogen and oxygen atoms in total. The molecule has 2 N–H and O–H groups in total. The van der Waals surface area contributed by atoms with E-state index in [0.717, 1.165) is 6.29 Å². The molecule has 8 heavy (non-hydrogen) atoms. The van der Waals surface area contributed by atoms with Crippen molar-refractivity contribution in [3.63, 3.8) is 0 Å². The summed E-state index contributed by atoms with van der Waals surface area (Å²) in [5.41, 5.74) is 0. The van der Waals surface area contributed by atoms with Gasteiger partial charge < -0.3 is 9.63 Å². The lowest BCUT2D eigenvalue weighted by atomic mass is 10.4. The lowest BCUT2D eigenvalue weighted by molar-refractivity contribution is -0.107. The minimum absolute atomic E-state index is 0.364. The number of hydrogen-bond acceptors (Lipinski definition) is 3. The molecule has 0 saturated carbocycles. The zero-order valence-corrected chi connectivity index (χ0v) is 4.76. The molecule has 0 aromatic carbocycles. The Balaban J connectivity index is 3.40. The van der Waals surface area contributed by atoms with Crippen molar-refractivity contribution in [2.45, 2.75) is 13.3 Å². The Morgan fingerprint density at radius 2 is 2.50 bits per heavy atom. The topological polar surface area (TPSA) is 52.3 Å². The number of hydrogen-bond donors (Lipinski definition) is 1. The van der Waals surface area contributed by atoms with Crippen LogP contribution in [-0.4, -0.2) is 6.29 Å². The summed E-state index contributed by atoms with van der Waals surface area (Å²) < 4.78 is 0. The van der Waals surface area contributed by atoms with Crippen LogP contribution in [0.15, 0.2) is 11.8 Å². The van der Waals surface area contributed by atoms with Crippen LogP contribution in [0.5, 0.6) is 0 Å². The van der Waals surface area contributed by atoms with Gasteiger partial charge in [0.1, 0.15) is 12.0 Å². The van der Waals surface area contributed by atoms with Gasteiger partial charge in [-0.05, 0) is 13.0 Å². The Kier molecular flexibility index (Phi) is 3.88. The Labute approximate surface area is 48.1 Å². The molecule has 0 fully saturated rings. The minimum Gasteiger partial charge on any atom is -0.417 e. The second-order valence-corrected chi connectivity index (χ2v) is 1.33. The lowest BCUT2D eigenvalue weighted by Gasteiger charge is -1.92. The third-order valence-electron chi connectivity index (χ3n) is 0.687. The number of aldehydes is 1. The van der Waals surface area contributed by atoms with Gasteiger partial charge in [0.15, 0.2) is 0 Å². The molecule has 0 saturated heterocycles. The summed E-state index contributed by atoms with van der Waals surface area (Å²) in [5, 5.41) is 0. The molecule has 0 aliphatic rings. The second-order valence-electron chi connectivity index (χ2n) is 1.33. The van der Waals surface area contributed by atoms with Crippen LogP contribution in [0.4, 0.5) is 0 Å². The normalized spacial score (nSPS) is 11.0. The first-order chi connectivity index (χ1) is 3.81. The SMILES string of the molecule is C/C(=C/CC=O)ON. The van der Waals surface area contributed by atoms with Crippen molar-refractivity contribution < 1.29 is 9.63 Å². The Hall–Kier alpha value is -0.830. The Morgan fingerprint density at radius 3 is 2.88 bits per heavy atom. The van der Waals surface area contributed by atoms with E-state index in [1.807, 2.05) is 0 Å². The summed E-state index contributed by atoms with van der Waals surface area (Å²) in [4.78, 5) is 13.9. The predicted octanol–water partition coefficient (Wildman–Crippen LogP) is 0.370. The highest BCUT2D eigenvalue weighted by Gasteiger charge is 1.81. The standard InChI is InChI=1S/C5H9NO2/c1-5(8-6)3-2-4-7/h3-4H,2,6H2,1H3/b5-3-. The van der Waals surface area contributed by atoms with Crippen molar-refractivity contribution in [3.8, 4) is 0 Å². The molecule has 0 atom stereocenters. The van der Waals surface area contributed by atoms with Gasteiger partial charge in [0.2, 0.25) is 0 Å². The maximum atomic E-state index is 9.68. The fourth-order valence-electron chi connectivity index (χ4n) is 0.262. The van der Waals surface area contributed by atoms with Crippen molar-refractivity contribution in [1.82, 2.24) is 0 Å². The molecule has 0 aliphatic carbocycles. The molecule has 0 aliphatic heterocycles. The maximum Gasteiger partial charge on any atom is 0.123 e. The van der Waals surface area contributed by atoms with E-state index >= 15 is 0 Å². The monoisotopic (exact) mass is 115 g/mol. The summed E-state index contributed by atoms with van der Waals surface area (Å²) in [6.07, 6.45) is 2.75. The van der Waals surface area contributed by atoms with Crippen molar-refractivity contribution in [2.75, 3.05) is 0 Å². The molecular formula is C5H9NO2. The molecule has 0 aromatic rings. The van der Waals surface area contributed by atoms with Gasteiger partial charge in [-0.1, -0.05) is 0 Å². The van der Waals surface area contributed by atoms with Gasteiger partial charge in [-0.2, -0.15) is 5.90 Å². The fraction of sp³-hybridized carbons (Fsp3) is 0.400. The molecule has 0 aromatic heterocycles. The van der Waals surface area contributed by atoms with E-state index in [2.05, 4.69) is 4.84 Å². The van der Waals surface area contributed by atoms with Crippen LogP contribution in [0, 0.1) is 0 Å². The molecule has 0 unspecified atom stereocenters. The average Bonchev–Trinajstić information content (AvgIpc) is 1.83. The van der Waals surface area contributed by atoms with Gasteiger partial charge in [-0.3, -0.25) is 0 Å². The summed E-state index contributed by atoms with van der Waals surface area (Å²) in [6.45, 7) is 1.68. The molecule has 46 valence electrons. The van der Waals surface area contributed by atoms with Gasteiger partial charge in [0.25, 0.3) is 0 Å². The van der Waals surface area contributed by atoms with Crippen LogP contribution in [0.1, 0.15) is 13.3 Å². The first-order valence-corrected chi connectivity index (χ1v) is 2.28. The highest BCUT2D eigenvalue weighted by atomic mass is 16.6. The van der Waals surface area contributed by atoms with Crippen molar-refractivity contribution in [2.24, 2.45) is 5.90 Å². The van der Waals surface area contributed by atoms with Crippen LogP contribution < -0.4 is 5.90 Å². The lowest BCUT2D eigenvalue weighted by Crippen LogP contribution is -1.94. The van der Waals surface area contributed by atoms with Gasteiger partial charge in [0, 0.05) is 6.42 Å². The molecule has 3 heteroatoms. The van der Waals surface area contributed by atoms with E-state index in [1.54, 1.807) is 13.0 Å². The molecule has 0 amide bonds. The van der Waals surface area contributed by atoms with E-state index in [-0.39, 0.29) is 0 Å². The first kappa shape index (κ1) is 7.17. The number of rotatable bonds is 3. The average molecular weight is 115 g/mol. The number of allylic oxidation sites excluding steroid dienone is 2. The zero-order valence-electron chi connectivity index (χ0n) is 4.76. The van der Waals surface area contributed by atoms with Crippen molar-refractivity contribution >= 4 is 6.29 Å². The minimum atomic E-state index is 0.364. The quantitative estimate of drug-likeness (QED) is 0.328. The summed E-state index contributed by atoms with van der Waals surface area (Å²) in [7, 11) is 0. The third-order valence-corrected chi connectivity index (χ3v) is 0.687. The van der Waals surface area contributed by atoms with E-state index < -0.39 is 0 Å². The Bertz CT molecular complexity index is 98.6. The summed E-state index contributed by atoms with van der Waals surface area (Å²) in [5.74, 6) is 5.30. The maximum absolute atomic E-state index is 9.68. The van der Waals surface area contributed by atoms with Crippen LogP contribution in [0.25, 0.3) is 0 Å². The van der Waals surface area contributed by atoms with Gasteiger partial charge >= 0.3 is 0 Å². The van der Waals surface area contributed by atoms with Crippen molar-refractivity contribution in [1.29, 1.82) is 0 Å². The first-order valence-electron chi connectivity index (χ1n) is 2.28. The second kappa shape index (κ2) is 4.33. The predicted molar refractivity (Wildman–Crippen MR) is 29.7 cm³/mol. The largest absolute Gasteiger partial charge is 0.417 e. The van der Waals surface area contributed by atoms with Crippen LogP contribution >= 0.6 is 0 Å². The molecule has 0 spiro atoms. The van der Waals surface area contributed by atoms with E-state index in [9.17, 15) is 4.79 Å². The number of carbonyl (C=O) groups excluding carboxylic acids is 1. The summed E-state index contributed by atoms with van der Waals surface area (Å²) >= 11 is 0. The smallest absolute Gasteiger partial charge is 0.123 e. The van der Waals surface area contributed by atoms with E-state index in [1.165, 1.54) is 0 Å². The van der Waals surface area contributed by atoms with Gasteiger partial charge in [-0.15, -0.1) is 0 Å². The fourth-order valence-corrected chi connectivity index (χ4v) is 0.262. The van der Waals surface area contributed by atoms with Crippen LogP contribution in [0.3, 0.4) is 0 Å². The zero-order chi connectivity index (χ0) is 6.41. The van der Waals surface area contributed by atoms with Crippen molar-refractivity contribution in [3.05, 3.63) is 11.8 Å². The Morgan fingerprint density at radius 1 is 1.88 bits per heavy atom. The van der Waals surface area contributed by atoms with Crippen LogP contribution in [-0.2, 0) is 9.63 Å². The summed E-state index contributed by atoms with van der Waals surface area (Å²) in [6, 6.07) is 0. The van der Waals surface area contributed by atoms with E-state index in [0.29, 0.717) is 12.2 Å². The number of nitrogens with two attached hydrogens (primary N) is 1. The van der Waals surface area contributed by atoms with Gasteiger partial charge in [-0.25, -0.2) is 0 Å². The third kappa shape index (κ3) is 3.36. The molecule has 0 rings (SSSR count).